The second kappa shape index (κ2) is 9.07. The van der Waals surface area contributed by atoms with Crippen molar-refractivity contribution < 1.29 is 9.53 Å². The molecule has 0 radical (unpaired) electrons. The van der Waals surface area contributed by atoms with Crippen LogP contribution >= 0.6 is 12.2 Å². The highest BCUT2D eigenvalue weighted by Gasteiger charge is 2.03. The predicted molar refractivity (Wildman–Crippen MR) is 88.1 cm³/mol. The summed E-state index contributed by atoms with van der Waals surface area (Å²) >= 11 is 4.69. The average Bonchev–Trinajstić information content (AvgIpc) is 2.45. The number of benzene rings is 1. The Hall–Kier alpha value is -1.95. The molecule has 3 N–H and O–H groups in total. The van der Waals surface area contributed by atoms with Gasteiger partial charge in [0.25, 0.3) is 0 Å². The molecule has 1 rings (SSSR count). The molecule has 0 unspecified atom stereocenters. The van der Waals surface area contributed by atoms with E-state index in [1.54, 1.807) is 0 Å². The summed E-state index contributed by atoms with van der Waals surface area (Å²) in [7, 11) is 0. The minimum atomic E-state index is -0.138. The van der Waals surface area contributed by atoms with Gasteiger partial charge in [-0.3, -0.25) is 10.2 Å². The van der Waals surface area contributed by atoms with Crippen molar-refractivity contribution in [3.05, 3.63) is 35.4 Å². The van der Waals surface area contributed by atoms with Crippen LogP contribution < -0.4 is 11.2 Å². The van der Waals surface area contributed by atoms with E-state index in [1.807, 2.05) is 38.1 Å². The van der Waals surface area contributed by atoms with Crippen LogP contribution in [0.4, 0.5) is 0 Å². The van der Waals surface area contributed by atoms with Gasteiger partial charge >= 0.3 is 5.97 Å². The molecule has 0 atom stereocenters. The Bertz CT molecular complexity index is 512. The fourth-order valence-corrected chi connectivity index (χ4v) is 1.83. The fraction of sp³-hybridized carbons (Fsp3) is 0.400. The normalized spacial score (nSPS) is 11.0. The lowest BCUT2D eigenvalue weighted by atomic mass is 10.0. The van der Waals surface area contributed by atoms with E-state index in [9.17, 15) is 4.79 Å². The zero-order chi connectivity index (χ0) is 15.7. The topological polar surface area (TPSA) is 76.7 Å². The number of nitrogens with one attached hydrogen (secondary N) is 1. The predicted octanol–water partition coefficient (Wildman–Crippen LogP) is 2.13. The summed E-state index contributed by atoms with van der Waals surface area (Å²) in [6.45, 7) is 4.13. The third-order valence-electron chi connectivity index (χ3n) is 2.86. The lowest BCUT2D eigenvalue weighted by molar-refractivity contribution is -0.143. The van der Waals surface area contributed by atoms with Crippen LogP contribution in [0.2, 0.25) is 0 Å². The maximum atomic E-state index is 11.2. The highest BCUT2D eigenvalue weighted by Crippen LogP contribution is 2.09. The lowest BCUT2D eigenvalue weighted by Crippen LogP contribution is -2.25. The zero-order valence-corrected chi connectivity index (χ0v) is 13.2. The summed E-state index contributed by atoms with van der Waals surface area (Å²) in [5, 5.41) is 4.21. The molecule has 1 aromatic carbocycles. The minimum Gasteiger partial charge on any atom is -0.466 e. The molecule has 0 aliphatic heterocycles. The number of ether oxygens (including phenoxy) is 1. The van der Waals surface area contributed by atoms with Gasteiger partial charge in [0, 0.05) is 6.42 Å². The summed E-state index contributed by atoms with van der Waals surface area (Å²) in [5.41, 5.74) is 10.9. The number of aryl methyl sites for hydroxylation is 1. The van der Waals surface area contributed by atoms with Gasteiger partial charge in [0.1, 0.15) is 0 Å². The van der Waals surface area contributed by atoms with Crippen LogP contribution in [0.25, 0.3) is 0 Å². The lowest BCUT2D eigenvalue weighted by Gasteiger charge is -2.05. The van der Waals surface area contributed by atoms with Crippen molar-refractivity contribution in [1.82, 2.24) is 5.43 Å². The third-order valence-corrected chi connectivity index (χ3v) is 2.95. The summed E-state index contributed by atoms with van der Waals surface area (Å²) < 4.78 is 4.89. The first kappa shape index (κ1) is 17.1. The molecule has 0 saturated carbocycles. The van der Waals surface area contributed by atoms with E-state index < -0.39 is 0 Å². The summed E-state index contributed by atoms with van der Waals surface area (Å²) in [4.78, 5) is 11.2. The fourth-order valence-electron chi connectivity index (χ4n) is 1.79. The van der Waals surface area contributed by atoms with Gasteiger partial charge in [-0.05, 0) is 50.0 Å². The molecule has 0 aliphatic rings. The van der Waals surface area contributed by atoms with Gasteiger partial charge in [0.05, 0.1) is 12.3 Å². The first-order valence-corrected chi connectivity index (χ1v) is 7.28. The first-order valence-electron chi connectivity index (χ1n) is 6.87. The second-order valence-corrected chi connectivity index (χ2v) is 4.97. The maximum Gasteiger partial charge on any atom is 0.305 e. The molecule has 0 spiro atoms. The summed E-state index contributed by atoms with van der Waals surface area (Å²) in [6, 6.07) is 8.03. The van der Waals surface area contributed by atoms with Gasteiger partial charge in [-0.2, -0.15) is 5.10 Å². The average molecular weight is 307 g/mol. The number of nitrogens with two attached hydrogens (primary N) is 1. The SMILES string of the molecule is CCOC(=O)CCCc1ccc(/C(C)=N\NC(N)=S)cc1. The van der Waals surface area contributed by atoms with Crippen LogP contribution in [0.15, 0.2) is 29.4 Å². The Morgan fingerprint density at radius 2 is 2.05 bits per heavy atom. The minimum absolute atomic E-state index is 0.138. The molecule has 0 aromatic heterocycles. The molecular formula is C15H21N3O2S. The number of hydrazone groups is 1. The van der Waals surface area contributed by atoms with E-state index >= 15 is 0 Å². The summed E-state index contributed by atoms with van der Waals surface area (Å²) in [6.07, 6.45) is 2.09. The molecule has 21 heavy (non-hydrogen) atoms. The van der Waals surface area contributed by atoms with Crippen molar-refractivity contribution in [3.63, 3.8) is 0 Å². The Morgan fingerprint density at radius 3 is 2.62 bits per heavy atom. The number of thiocarbonyl (C=S) groups is 1. The number of rotatable bonds is 7. The van der Waals surface area contributed by atoms with Crippen molar-refractivity contribution in [2.45, 2.75) is 33.1 Å². The molecule has 114 valence electrons. The third kappa shape index (κ3) is 6.85. The molecule has 0 heterocycles. The number of hydrogen-bond donors (Lipinski definition) is 2. The van der Waals surface area contributed by atoms with Crippen molar-refractivity contribution in [3.8, 4) is 0 Å². The van der Waals surface area contributed by atoms with Crippen molar-refractivity contribution in [1.29, 1.82) is 0 Å². The van der Waals surface area contributed by atoms with Crippen LogP contribution in [0, 0.1) is 0 Å². The van der Waals surface area contributed by atoms with Crippen LogP contribution in [0.3, 0.4) is 0 Å². The van der Waals surface area contributed by atoms with Gasteiger partial charge in [-0.15, -0.1) is 0 Å². The zero-order valence-electron chi connectivity index (χ0n) is 12.4. The number of carbonyl (C=O) groups excluding carboxylic acids is 1. The van der Waals surface area contributed by atoms with Crippen molar-refractivity contribution in [2.24, 2.45) is 10.8 Å². The van der Waals surface area contributed by atoms with Crippen LogP contribution in [-0.2, 0) is 16.0 Å². The van der Waals surface area contributed by atoms with Crippen molar-refractivity contribution in [2.75, 3.05) is 6.61 Å². The van der Waals surface area contributed by atoms with E-state index in [0.717, 1.165) is 24.1 Å². The van der Waals surface area contributed by atoms with Gasteiger partial charge in [0.2, 0.25) is 0 Å². The molecule has 0 saturated heterocycles. The van der Waals surface area contributed by atoms with E-state index in [4.69, 9.17) is 22.7 Å². The Balaban J connectivity index is 2.48. The van der Waals surface area contributed by atoms with E-state index in [2.05, 4.69) is 10.5 Å². The Kier molecular flexibility index (Phi) is 7.39. The van der Waals surface area contributed by atoms with Gasteiger partial charge in [-0.1, -0.05) is 24.3 Å². The highest BCUT2D eigenvalue weighted by atomic mass is 32.1. The van der Waals surface area contributed by atoms with E-state index in [1.165, 1.54) is 5.56 Å². The van der Waals surface area contributed by atoms with Gasteiger partial charge in [-0.25, -0.2) is 0 Å². The molecule has 0 amide bonds. The quantitative estimate of drug-likeness (QED) is 0.349. The highest BCUT2D eigenvalue weighted by molar-refractivity contribution is 7.80. The molecule has 5 nitrogen and oxygen atoms in total. The Morgan fingerprint density at radius 1 is 1.38 bits per heavy atom. The molecular weight excluding hydrogens is 286 g/mol. The number of hydrogen-bond acceptors (Lipinski definition) is 4. The van der Waals surface area contributed by atoms with Gasteiger partial charge < -0.3 is 10.5 Å². The molecule has 0 aliphatic carbocycles. The van der Waals surface area contributed by atoms with Crippen LogP contribution in [0.5, 0.6) is 0 Å². The number of nitrogens with zero attached hydrogens (tertiary/aromatic N) is 1. The first-order chi connectivity index (χ1) is 10.0. The number of esters is 1. The molecule has 1 aromatic rings. The standard InChI is InChI=1S/C15H21N3O2S/c1-3-20-14(19)6-4-5-12-7-9-13(10-8-12)11(2)17-18-15(16)21/h7-10H,3-6H2,1-2H3,(H3,16,18,21)/b17-11-. The van der Waals surface area contributed by atoms with Gasteiger partial charge in [0.15, 0.2) is 5.11 Å². The van der Waals surface area contributed by atoms with E-state index in [0.29, 0.717) is 13.0 Å². The molecule has 6 heteroatoms. The number of carbonyl (C=O) groups is 1. The van der Waals surface area contributed by atoms with Crippen LogP contribution in [-0.4, -0.2) is 23.4 Å². The summed E-state index contributed by atoms with van der Waals surface area (Å²) in [5.74, 6) is -0.138. The molecule has 0 bridgehead atoms. The van der Waals surface area contributed by atoms with Crippen LogP contribution in [0.1, 0.15) is 37.8 Å². The molecule has 0 fully saturated rings. The van der Waals surface area contributed by atoms with E-state index in [-0.39, 0.29) is 11.1 Å². The van der Waals surface area contributed by atoms with Crippen molar-refractivity contribution >= 4 is 29.0 Å². The monoisotopic (exact) mass is 307 g/mol. The maximum absolute atomic E-state index is 11.2. The Labute approximate surface area is 130 Å². The largest absolute Gasteiger partial charge is 0.466 e. The second-order valence-electron chi connectivity index (χ2n) is 4.53. The smallest absolute Gasteiger partial charge is 0.305 e.